The van der Waals surface area contributed by atoms with Crippen LogP contribution < -0.4 is 5.32 Å². The third-order valence-electron chi connectivity index (χ3n) is 9.02. The van der Waals surface area contributed by atoms with E-state index in [1.165, 1.54) is 160 Å². The Kier molecular flexibility index (Phi) is 66.0. The van der Waals surface area contributed by atoms with Crippen LogP contribution in [-0.2, 0) is 4.74 Å². The van der Waals surface area contributed by atoms with E-state index >= 15 is 0 Å². The first kappa shape index (κ1) is 60.9. The predicted octanol–water partition coefficient (Wildman–Crippen LogP) is 17.2. The quantitative estimate of drug-likeness (QED) is 0.0276. The van der Waals surface area contributed by atoms with E-state index in [1.54, 1.807) is 14.0 Å². The van der Waals surface area contributed by atoms with Crippen molar-refractivity contribution in [2.75, 3.05) is 13.7 Å². The lowest BCUT2D eigenvalue weighted by Crippen LogP contribution is -2.24. The molecule has 53 heavy (non-hydrogen) atoms. The van der Waals surface area contributed by atoms with E-state index in [9.17, 15) is 0 Å². The Balaban J connectivity index is -0.000000253. The second-order valence-electron chi connectivity index (χ2n) is 13.9. The highest BCUT2D eigenvalue weighted by Crippen LogP contribution is 2.15. The van der Waals surface area contributed by atoms with Gasteiger partial charge in [0.25, 0.3) is 0 Å². The lowest BCUT2D eigenvalue weighted by molar-refractivity contribution is 0.204. The van der Waals surface area contributed by atoms with Crippen LogP contribution in [0.15, 0.2) is 34.1 Å². The Morgan fingerprint density at radius 3 is 1.40 bits per heavy atom. The van der Waals surface area contributed by atoms with Crippen molar-refractivity contribution in [1.82, 2.24) is 5.32 Å². The highest BCUT2D eigenvalue weighted by Gasteiger charge is 2.06. The van der Waals surface area contributed by atoms with Gasteiger partial charge in [-0.1, -0.05) is 216 Å². The summed E-state index contributed by atoms with van der Waals surface area (Å²) in [5, 5.41) is 11.4. The molecule has 0 aliphatic rings. The van der Waals surface area contributed by atoms with Crippen LogP contribution >= 0.6 is 12.8 Å². The Morgan fingerprint density at radius 1 is 0.698 bits per heavy atom. The smallest absolute Gasteiger partial charge is 0.0787 e. The highest BCUT2D eigenvalue weighted by atomic mass is 32.1. The van der Waals surface area contributed by atoms with Crippen LogP contribution in [0.2, 0.25) is 0 Å². The maximum atomic E-state index is 7.80. The van der Waals surface area contributed by atoms with Crippen molar-refractivity contribution in [3.05, 3.63) is 29.7 Å². The zero-order valence-electron chi connectivity index (χ0n) is 38.5. The molecule has 2 N–H and O–H groups in total. The summed E-state index contributed by atoms with van der Waals surface area (Å²) in [7, 11) is 1.67. The largest absolute Gasteiger partial charge is 0.384 e. The van der Waals surface area contributed by atoms with E-state index in [4.69, 9.17) is 10.1 Å². The minimum absolute atomic E-state index is 0.471. The SMILES string of the molecule is C=C=C(CCCCCCCCCCCCCCCCCCC)NC(C)CCC.CC.CC.CC/C(=C\CCOC)C(=N)/C(C)=N\S.CCCCCCC. The Bertz CT molecular complexity index is 797. The van der Waals surface area contributed by atoms with Crippen LogP contribution in [0, 0.1) is 5.41 Å². The number of allylic oxidation sites excluding steroid dienone is 2. The number of thiol groups is 1. The van der Waals surface area contributed by atoms with E-state index in [-0.39, 0.29) is 0 Å². The minimum atomic E-state index is 0.471. The average Bonchev–Trinajstić information content (AvgIpc) is 3.19. The van der Waals surface area contributed by atoms with Gasteiger partial charge in [0, 0.05) is 19.8 Å². The van der Waals surface area contributed by atoms with E-state index in [2.05, 4.69) is 69.5 Å². The molecule has 0 rings (SSSR count). The van der Waals surface area contributed by atoms with Gasteiger partial charge in [0.05, 0.1) is 17.1 Å². The lowest BCUT2D eigenvalue weighted by Gasteiger charge is -2.15. The summed E-state index contributed by atoms with van der Waals surface area (Å²) >= 11 is 3.79. The zero-order chi connectivity index (χ0) is 41.2. The number of unbranched alkanes of at least 4 members (excludes halogenated alkanes) is 20. The predicted molar refractivity (Wildman–Crippen MR) is 251 cm³/mol. The van der Waals surface area contributed by atoms with Crippen molar-refractivity contribution >= 4 is 24.2 Å². The van der Waals surface area contributed by atoms with Gasteiger partial charge in [0.1, 0.15) is 0 Å². The number of methoxy groups -OCH3 is 1. The van der Waals surface area contributed by atoms with Crippen molar-refractivity contribution in [2.24, 2.45) is 4.40 Å². The third kappa shape index (κ3) is 52.9. The summed E-state index contributed by atoms with van der Waals surface area (Å²) in [4.78, 5) is 0. The molecule has 0 aliphatic carbocycles. The maximum absolute atomic E-state index is 7.80. The van der Waals surface area contributed by atoms with Gasteiger partial charge in [-0.05, 0) is 64.3 Å². The van der Waals surface area contributed by atoms with Crippen LogP contribution in [0.3, 0.4) is 0 Å². The highest BCUT2D eigenvalue weighted by molar-refractivity contribution is 7.79. The van der Waals surface area contributed by atoms with Gasteiger partial charge in [-0.15, -0.1) is 5.73 Å². The van der Waals surface area contributed by atoms with Crippen LogP contribution in [0.25, 0.3) is 0 Å². The number of hydrogen-bond donors (Lipinski definition) is 3. The molecule has 0 bridgehead atoms. The molecule has 0 aromatic heterocycles. The number of hydrogen-bond acceptors (Lipinski definition) is 5. The normalized spacial score (nSPS) is 11.3. The van der Waals surface area contributed by atoms with Gasteiger partial charge in [-0.25, -0.2) is 4.40 Å². The van der Waals surface area contributed by atoms with Crippen molar-refractivity contribution in [3.63, 3.8) is 0 Å². The first-order valence-corrected chi connectivity index (χ1v) is 23.3. The van der Waals surface area contributed by atoms with Gasteiger partial charge in [0.2, 0.25) is 0 Å². The summed E-state index contributed by atoms with van der Waals surface area (Å²) in [6.45, 7) is 27.6. The molecule has 0 aromatic rings. The standard InChI is InChI=1S/C27H53N.C10H18N2OS.C7H16.2C2H6/c1-5-8-9-10-11-12-13-14-15-16-17-18-19-20-21-22-23-25-27(7-3)28-26(4)24-6-2;1-4-9(6-5-7-13-3)10(11)8(2)12-14;1-3-5-7-6-4-2;2*1-2/h26,28H,3,5-6,8-25H2,1-2,4H3;6,11,14H,4-5,7H2,1-3H3;3-7H2,1-2H3;2*1-2H3/b;9-6+,11-10?,12-8-;;;. The molecular formula is C48H99N3OS. The Hall–Kier alpha value is -1.29. The van der Waals surface area contributed by atoms with Gasteiger partial charge < -0.3 is 10.1 Å². The van der Waals surface area contributed by atoms with Gasteiger partial charge >= 0.3 is 0 Å². The summed E-state index contributed by atoms with van der Waals surface area (Å²) in [6.07, 6.45) is 38.6. The second kappa shape index (κ2) is 57.4. The fraction of sp³-hybridized carbons (Fsp3) is 0.854. The molecule has 0 saturated heterocycles. The summed E-state index contributed by atoms with van der Waals surface area (Å²) in [6, 6.07) is 0.556. The first-order valence-electron chi connectivity index (χ1n) is 22.9. The zero-order valence-corrected chi connectivity index (χ0v) is 39.4. The summed E-state index contributed by atoms with van der Waals surface area (Å²) in [5.74, 6) is 0. The Morgan fingerprint density at radius 2 is 1.08 bits per heavy atom. The van der Waals surface area contributed by atoms with Crippen molar-refractivity contribution in [3.8, 4) is 0 Å². The molecule has 5 heteroatoms. The van der Waals surface area contributed by atoms with E-state index in [0.717, 1.165) is 24.8 Å². The van der Waals surface area contributed by atoms with Crippen LogP contribution in [0.4, 0.5) is 0 Å². The number of nitrogens with one attached hydrogen (secondary N) is 2. The molecule has 318 valence electrons. The van der Waals surface area contributed by atoms with Crippen molar-refractivity contribution in [1.29, 1.82) is 5.41 Å². The molecule has 0 saturated carbocycles. The molecule has 0 amide bonds. The molecule has 0 heterocycles. The Labute approximate surface area is 341 Å². The number of nitrogens with zero attached hydrogens (tertiary/aromatic N) is 1. The lowest BCUT2D eigenvalue weighted by atomic mass is 10.0. The van der Waals surface area contributed by atoms with Gasteiger partial charge in [-0.2, -0.15) is 0 Å². The summed E-state index contributed by atoms with van der Waals surface area (Å²) in [5.41, 5.74) is 6.45. The fourth-order valence-electron chi connectivity index (χ4n) is 5.77. The maximum Gasteiger partial charge on any atom is 0.0787 e. The molecular weight excluding hydrogens is 667 g/mol. The minimum Gasteiger partial charge on any atom is -0.384 e. The first-order chi connectivity index (χ1) is 25.8. The van der Waals surface area contributed by atoms with Crippen LogP contribution in [0.5, 0.6) is 0 Å². The molecule has 0 aliphatic heterocycles. The summed E-state index contributed by atoms with van der Waals surface area (Å²) < 4.78 is 8.64. The topological polar surface area (TPSA) is 57.5 Å². The molecule has 4 nitrogen and oxygen atoms in total. The second-order valence-corrected chi connectivity index (χ2v) is 14.1. The van der Waals surface area contributed by atoms with E-state index in [1.807, 2.05) is 40.7 Å². The van der Waals surface area contributed by atoms with Crippen molar-refractivity contribution < 1.29 is 4.74 Å². The van der Waals surface area contributed by atoms with Crippen LogP contribution in [-0.4, -0.2) is 31.2 Å². The van der Waals surface area contributed by atoms with Crippen molar-refractivity contribution in [2.45, 2.75) is 256 Å². The number of rotatable bonds is 32. The van der Waals surface area contributed by atoms with E-state index < -0.39 is 0 Å². The average molecular weight is 766 g/mol. The molecule has 0 aromatic carbocycles. The molecule has 1 atom stereocenters. The third-order valence-corrected chi connectivity index (χ3v) is 9.32. The van der Waals surface area contributed by atoms with Crippen LogP contribution in [0.1, 0.15) is 250 Å². The molecule has 0 spiro atoms. The van der Waals surface area contributed by atoms with E-state index in [0.29, 0.717) is 24.1 Å². The van der Waals surface area contributed by atoms with Gasteiger partial charge in [0.15, 0.2) is 0 Å². The molecule has 1 unspecified atom stereocenters. The van der Waals surface area contributed by atoms with Gasteiger partial charge in [-0.3, -0.25) is 5.41 Å². The number of ether oxygens (including phenoxy) is 1. The fourth-order valence-corrected chi connectivity index (χ4v) is 5.87. The molecule has 0 fully saturated rings. The monoisotopic (exact) mass is 766 g/mol. The molecule has 0 radical (unpaired) electrons.